The SMILES string of the molecule is CC.O=C(O)C1CCC[C@@H]1C(=O)c1ccc(-c2ccccc2)cc1. The van der Waals surface area contributed by atoms with Gasteiger partial charge in [-0.05, 0) is 24.0 Å². The second kappa shape index (κ2) is 8.44. The lowest BCUT2D eigenvalue weighted by Gasteiger charge is -2.14. The molecule has 2 atom stereocenters. The molecule has 3 rings (SSSR count). The van der Waals surface area contributed by atoms with Crippen molar-refractivity contribution in [3.63, 3.8) is 0 Å². The Morgan fingerprint density at radius 3 is 1.96 bits per heavy atom. The molecule has 0 aromatic heterocycles. The van der Waals surface area contributed by atoms with Crippen LogP contribution in [0.5, 0.6) is 0 Å². The third-order valence-corrected chi connectivity index (χ3v) is 4.45. The van der Waals surface area contributed by atoms with Gasteiger partial charge < -0.3 is 5.11 Å². The molecule has 0 bridgehead atoms. The van der Waals surface area contributed by atoms with Crippen molar-refractivity contribution in [1.29, 1.82) is 0 Å². The van der Waals surface area contributed by atoms with E-state index < -0.39 is 11.9 Å². The Morgan fingerprint density at radius 1 is 0.833 bits per heavy atom. The third-order valence-electron chi connectivity index (χ3n) is 4.45. The average Bonchev–Trinajstić information content (AvgIpc) is 3.14. The first-order valence-corrected chi connectivity index (χ1v) is 8.59. The monoisotopic (exact) mass is 324 g/mol. The number of Topliss-reactive ketones (excluding diaryl/α,β-unsaturated/α-hetero) is 1. The molecule has 1 N–H and O–H groups in total. The van der Waals surface area contributed by atoms with E-state index >= 15 is 0 Å². The van der Waals surface area contributed by atoms with E-state index in [0.717, 1.165) is 17.5 Å². The summed E-state index contributed by atoms with van der Waals surface area (Å²) < 4.78 is 0. The van der Waals surface area contributed by atoms with Crippen LogP contribution in [0.4, 0.5) is 0 Å². The van der Waals surface area contributed by atoms with Crippen molar-refractivity contribution in [2.24, 2.45) is 11.8 Å². The third kappa shape index (κ3) is 3.91. The number of carboxylic acids is 1. The summed E-state index contributed by atoms with van der Waals surface area (Å²) in [5, 5.41) is 9.22. The van der Waals surface area contributed by atoms with E-state index in [0.29, 0.717) is 18.4 Å². The van der Waals surface area contributed by atoms with Gasteiger partial charge in [0.2, 0.25) is 0 Å². The fourth-order valence-corrected chi connectivity index (χ4v) is 3.24. The van der Waals surface area contributed by atoms with Crippen molar-refractivity contribution in [1.82, 2.24) is 0 Å². The number of rotatable bonds is 4. The largest absolute Gasteiger partial charge is 0.481 e. The summed E-state index contributed by atoms with van der Waals surface area (Å²) in [7, 11) is 0. The quantitative estimate of drug-likeness (QED) is 0.799. The molecule has 3 nitrogen and oxygen atoms in total. The fourth-order valence-electron chi connectivity index (χ4n) is 3.24. The Hall–Kier alpha value is -2.42. The van der Waals surface area contributed by atoms with Gasteiger partial charge in [0.05, 0.1) is 5.92 Å². The first-order valence-electron chi connectivity index (χ1n) is 8.59. The van der Waals surface area contributed by atoms with Gasteiger partial charge in [-0.3, -0.25) is 9.59 Å². The molecule has 126 valence electrons. The van der Waals surface area contributed by atoms with Gasteiger partial charge in [0, 0.05) is 11.5 Å². The van der Waals surface area contributed by atoms with Crippen LogP contribution >= 0.6 is 0 Å². The Labute approximate surface area is 143 Å². The van der Waals surface area contributed by atoms with Crippen molar-refractivity contribution in [3.05, 3.63) is 60.2 Å². The molecule has 0 saturated heterocycles. The van der Waals surface area contributed by atoms with Crippen molar-refractivity contribution >= 4 is 11.8 Å². The Kier molecular flexibility index (Phi) is 6.30. The summed E-state index contributed by atoms with van der Waals surface area (Å²) in [5.74, 6) is -1.79. The molecule has 1 fully saturated rings. The zero-order chi connectivity index (χ0) is 17.5. The number of ketones is 1. The molecule has 0 spiro atoms. The van der Waals surface area contributed by atoms with E-state index in [2.05, 4.69) is 0 Å². The van der Waals surface area contributed by atoms with Crippen LogP contribution < -0.4 is 0 Å². The van der Waals surface area contributed by atoms with Gasteiger partial charge in [-0.15, -0.1) is 0 Å². The summed E-state index contributed by atoms with van der Waals surface area (Å²) in [6.07, 6.45) is 2.10. The maximum Gasteiger partial charge on any atom is 0.307 e. The molecule has 1 aliphatic rings. The summed E-state index contributed by atoms with van der Waals surface area (Å²) in [6, 6.07) is 17.4. The van der Waals surface area contributed by atoms with E-state index in [1.54, 1.807) is 0 Å². The summed E-state index contributed by atoms with van der Waals surface area (Å²) in [6.45, 7) is 4.00. The van der Waals surface area contributed by atoms with E-state index in [9.17, 15) is 14.7 Å². The van der Waals surface area contributed by atoms with Crippen LogP contribution in [0.15, 0.2) is 54.6 Å². The molecule has 0 amide bonds. The zero-order valence-corrected chi connectivity index (χ0v) is 14.2. The average molecular weight is 324 g/mol. The summed E-state index contributed by atoms with van der Waals surface area (Å²) >= 11 is 0. The maximum atomic E-state index is 12.5. The van der Waals surface area contributed by atoms with Crippen LogP contribution in [-0.2, 0) is 4.79 Å². The topological polar surface area (TPSA) is 54.4 Å². The highest BCUT2D eigenvalue weighted by molar-refractivity contribution is 6.00. The molecular weight excluding hydrogens is 300 g/mol. The van der Waals surface area contributed by atoms with E-state index in [1.165, 1.54) is 0 Å². The standard InChI is InChI=1S/C19H18O3.C2H6/c20-18(16-7-4-8-17(16)19(21)22)15-11-9-14(10-12-15)13-5-2-1-3-6-13;1-2/h1-3,5-6,9-12,16-17H,4,7-8H2,(H,21,22);1-2H3/t16-,17?;/m0./s1. The van der Waals surface area contributed by atoms with Gasteiger partial charge in [0.1, 0.15) is 0 Å². The Balaban J connectivity index is 0.00000100. The summed E-state index contributed by atoms with van der Waals surface area (Å²) in [4.78, 5) is 23.8. The van der Waals surface area contributed by atoms with E-state index in [4.69, 9.17) is 0 Å². The minimum absolute atomic E-state index is 0.0375. The number of carbonyl (C=O) groups excluding carboxylic acids is 1. The van der Waals surface area contributed by atoms with Crippen molar-refractivity contribution in [2.45, 2.75) is 33.1 Å². The van der Waals surface area contributed by atoms with Crippen LogP contribution in [0.2, 0.25) is 0 Å². The van der Waals surface area contributed by atoms with Crippen LogP contribution in [0.3, 0.4) is 0 Å². The van der Waals surface area contributed by atoms with Gasteiger partial charge >= 0.3 is 5.97 Å². The molecule has 24 heavy (non-hydrogen) atoms. The first-order chi connectivity index (χ1) is 11.7. The molecular formula is C21H24O3. The van der Waals surface area contributed by atoms with Crippen molar-refractivity contribution < 1.29 is 14.7 Å². The second-order valence-electron chi connectivity index (χ2n) is 5.79. The van der Waals surface area contributed by atoms with Gasteiger partial charge in [-0.25, -0.2) is 0 Å². The van der Waals surface area contributed by atoms with Gasteiger partial charge in [0.25, 0.3) is 0 Å². The molecule has 3 heteroatoms. The minimum Gasteiger partial charge on any atom is -0.481 e. The van der Waals surface area contributed by atoms with Crippen LogP contribution in [0.1, 0.15) is 43.5 Å². The lowest BCUT2D eigenvalue weighted by molar-refractivity contribution is -0.142. The highest BCUT2D eigenvalue weighted by Gasteiger charge is 2.37. The maximum absolute atomic E-state index is 12.5. The molecule has 0 radical (unpaired) electrons. The fraction of sp³-hybridized carbons (Fsp3) is 0.333. The normalized spacial score (nSPS) is 19.2. The van der Waals surface area contributed by atoms with Gasteiger partial charge in [-0.1, -0.05) is 74.9 Å². The lowest BCUT2D eigenvalue weighted by Crippen LogP contribution is -2.25. The van der Waals surface area contributed by atoms with Gasteiger partial charge in [0.15, 0.2) is 5.78 Å². The molecule has 1 aliphatic carbocycles. The number of carbonyl (C=O) groups is 2. The van der Waals surface area contributed by atoms with Crippen LogP contribution in [0, 0.1) is 11.8 Å². The van der Waals surface area contributed by atoms with E-state index in [-0.39, 0.29) is 11.7 Å². The molecule has 2 aromatic rings. The van der Waals surface area contributed by atoms with E-state index in [1.807, 2.05) is 68.4 Å². The summed E-state index contributed by atoms with van der Waals surface area (Å²) in [5.41, 5.74) is 2.77. The smallest absolute Gasteiger partial charge is 0.307 e. The van der Waals surface area contributed by atoms with Crippen molar-refractivity contribution in [3.8, 4) is 11.1 Å². The number of aliphatic carboxylic acids is 1. The molecule has 0 aliphatic heterocycles. The highest BCUT2D eigenvalue weighted by Crippen LogP contribution is 2.34. The van der Waals surface area contributed by atoms with Gasteiger partial charge in [-0.2, -0.15) is 0 Å². The van der Waals surface area contributed by atoms with Crippen LogP contribution in [0.25, 0.3) is 11.1 Å². The molecule has 2 aromatic carbocycles. The molecule has 0 heterocycles. The van der Waals surface area contributed by atoms with Crippen molar-refractivity contribution in [2.75, 3.05) is 0 Å². The lowest BCUT2D eigenvalue weighted by atomic mass is 9.88. The minimum atomic E-state index is -0.850. The Morgan fingerprint density at radius 2 is 1.38 bits per heavy atom. The number of carboxylic acid groups (broad SMARTS) is 1. The first kappa shape index (κ1) is 17.9. The second-order valence-corrected chi connectivity index (χ2v) is 5.79. The van der Waals surface area contributed by atoms with Crippen LogP contribution in [-0.4, -0.2) is 16.9 Å². The Bertz CT molecular complexity index is 674. The number of benzene rings is 2. The predicted octanol–water partition coefficient (Wildman–Crippen LogP) is 5.06. The number of hydrogen-bond acceptors (Lipinski definition) is 2. The predicted molar refractivity (Wildman–Crippen MR) is 96.0 cm³/mol. The zero-order valence-electron chi connectivity index (χ0n) is 14.2. The molecule has 1 saturated carbocycles. The number of hydrogen-bond donors (Lipinski definition) is 1. The highest BCUT2D eigenvalue weighted by atomic mass is 16.4. The molecule has 1 unspecified atom stereocenters.